The van der Waals surface area contributed by atoms with Gasteiger partial charge in [0, 0.05) is 23.8 Å². The first-order valence-electron chi connectivity index (χ1n) is 7.07. The molecule has 0 N–H and O–H groups in total. The number of nitriles is 1. The van der Waals surface area contributed by atoms with E-state index in [2.05, 4.69) is 4.98 Å². The molecule has 2 rings (SSSR count). The van der Waals surface area contributed by atoms with E-state index in [1.54, 1.807) is 0 Å². The minimum atomic E-state index is -4.71. The summed E-state index contributed by atoms with van der Waals surface area (Å²) in [6.07, 6.45) is -2.10. The van der Waals surface area contributed by atoms with Gasteiger partial charge in [-0.25, -0.2) is 13.1 Å². The van der Waals surface area contributed by atoms with E-state index in [4.69, 9.17) is 5.26 Å². The molecule has 0 saturated carbocycles. The van der Waals surface area contributed by atoms with Gasteiger partial charge in [0.15, 0.2) is 11.6 Å². The summed E-state index contributed by atoms with van der Waals surface area (Å²) in [4.78, 5) is 4.13. The van der Waals surface area contributed by atoms with Crippen LogP contribution in [0.2, 0.25) is 0 Å². The van der Waals surface area contributed by atoms with Crippen LogP contribution in [0.15, 0.2) is 41.6 Å². The second-order valence-electron chi connectivity index (χ2n) is 4.96. The van der Waals surface area contributed by atoms with E-state index in [1.807, 2.05) is 6.07 Å². The molecule has 1 heterocycles. The monoisotopic (exact) mass is 373 g/mol. The predicted molar refractivity (Wildman–Crippen MR) is 82.3 cm³/mol. The Hall–Kier alpha value is -2.18. The highest BCUT2D eigenvalue weighted by molar-refractivity contribution is 7.97. The number of halogens is 5. The van der Waals surface area contributed by atoms with E-state index in [9.17, 15) is 22.0 Å². The quantitative estimate of drug-likeness (QED) is 0.554. The van der Waals surface area contributed by atoms with Gasteiger partial charge in [0.1, 0.15) is 12.1 Å². The summed E-state index contributed by atoms with van der Waals surface area (Å²) >= 11 is 0.742. The smallest absolute Gasteiger partial charge is 0.262 e. The standard InChI is InChI=1S/C16H12F5N3S/c1-2-24(25-12-5-10(7-22)8-23-9-12)15(16(19,20)21)11-3-4-13(17)14(18)6-11/h3-6,8-9,15H,2H2,1H3. The van der Waals surface area contributed by atoms with Gasteiger partial charge >= 0.3 is 6.18 Å². The van der Waals surface area contributed by atoms with Crippen molar-refractivity contribution < 1.29 is 22.0 Å². The number of hydrogen-bond donors (Lipinski definition) is 0. The number of aromatic nitrogens is 1. The van der Waals surface area contributed by atoms with Crippen molar-refractivity contribution in [3.63, 3.8) is 0 Å². The summed E-state index contributed by atoms with van der Waals surface area (Å²) in [5, 5.41) is 8.86. The lowest BCUT2D eigenvalue weighted by atomic mass is 10.1. The first-order valence-corrected chi connectivity index (χ1v) is 7.85. The van der Waals surface area contributed by atoms with Gasteiger partial charge in [0.25, 0.3) is 0 Å². The first kappa shape index (κ1) is 19.1. The van der Waals surface area contributed by atoms with Crippen LogP contribution in [-0.2, 0) is 0 Å². The summed E-state index contributed by atoms with van der Waals surface area (Å²) in [6, 6.07) is 3.22. The Balaban J connectivity index is 2.40. The molecule has 0 aliphatic carbocycles. The second kappa shape index (κ2) is 7.80. The van der Waals surface area contributed by atoms with Gasteiger partial charge in [-0.1, -0.05) is 13.0 Å². The molecule has 9 heteroatoms. The Morgan fingerprint density at radius 1 is 1.20 bits per heavy atom. The molecule has 0 aliphatic rings. The first-order chi connectivity index (χ1) is 11.8. The van der Waals surface area contributed by atoms with Crippen molar-refractivity contribution in [3.8, 4) is 6.07 Å². The molecule has 0 amide bonds. The van der Waals surface area contributed by atoms with Gasteiger partial charge in [-0.05, 0) is 35.7 Å². The Morgan fingerprint density at radius 3 is 2.48 bits per heavy atom. The maximum absolute atomic E-state index is 13.6. The lowest BCUT2D eigenvalue weighted by molar-refractivity contribution is -0.172. The molecular weight excluding hydrogens is 361 g/mol. The molecule has 1 atom stereocenters. The zero-order chi connectivity index (χ0) is 18.6. The van der Waals surface area contributed by atoms with Crippen LogP contribution in [0.4, 0.5) is 22.0 Å². The van der Waals surface area contributed by atoms with Gasteiger partial charge in [-0.3, -0.25) is 4.98 Å². The third-order valence-electron chi connectivity index (χ3n) is 3.23. The lowest BCUT2D eigenvalue weighted by Crippen LogP contribution is -2.34. The van der Waals surface area contributed by atoms with Gasteiger partial charge in [-0.2, -0.15) is 18.4 Å². The van der Waals surface area contributed by atoms with Crippen molar-refractivity contribution in [1.82, 2.24) is 9.29 Å². The molecule has 1 aromatic heterocycles. The molecule has 25 heavy (non-hydrogen) atoms. The molecule has 0 saturated heterocycles. The number of rotatable bonds is 5. The molecule has 0 fully saturated rings. The lowest BCUT2D eigenvalue weighted by Gasteiger charge is -2.31. The maximum atomic E-state index is 13.6. The Bertz CT molecular complexity index is 788. The van der Waals surface area contributed by atoms with Crippen LogP contribution in [0.1, 0.15) is 24.1 Å². The third kappa shape index (κ3) is 4.67. The van der Waals surface area contributed by atoms with Crippen LogP contribution < -0.4 is 0 Å². The zero-order valence-electron chi connectivity index (χ0n) is 12.9. The van der Waals surface area contributed by atoms with Crippen molar-refractivity contribution in [2.45, 2.75) is 24.0 Å². The largest absolute Gasteiger partial charge is 0.408 e. The van der Waals surface area contributed by atoms with E-state index in [0.29, 0.717) is 17.0 Å². The average molecular weight is 373 g/mol. The van der Waals surface area contributed by atoms with Gasteiger partial charge < -0.3 is 0 Å². The molecule has 3 nitrogen and oxygen atoms in total. The number of hydrogen-bond acceptors (Lipinski definition) is 4. The Labute approximate surface area is 145 Å². The zero-order valence-corrected chi connectivity index (χ0v) is 13.7. The molecule has 1 aromatic carbocycles. The average Bonchev–Trinajstić information content (AvgIpc) is 2.56. The van der Waals surface area contributed by atoms with E-state index < -0.39 is 29.4 Å². The molecule has 132 valence electrons. The fraction of sp³-hybridized carbons (Fsp3) is 0.250. The number of alkyl halides is 3. The molecule has 0 bridgehead atoms. The Morgan fingerprint density at radius 2 is 1.92 bits per heavy atom. The third-order valence-corrected chi connectivity index (χ3v) is 4.37. The molecule has 2 aromatic rings. The SMILES string of the molecule is CCN(Sc1cncc(C#N)c1)C(c1ccc(F)c(F)c1)C(F)(F)F. The van der Waals surface area contributed by atoms with Crippen molar-refractivity contribution in [1.29, 1.82) is 5.26 Å². The Kier molecular flexibility index (Phi) is 5.98. The van der Waals surface area contributed by atoms with Gasteiger partial charge in [0.05, 0.1) is 5.56 Å². The predicted octanol–water partition coefficient (Wildman–Crippen LogP) is 4.86. The molecule has 1 unspecified atom stereocenters. The van der Waals surface area contributed by atoms with Crippen LogP contribution in [0, 0.1) is 23.0 Å². The van der Waals surface area contributed by atoms with Gasteiger partial charge in [0.2, 0.25) is 0 Å². The minimum absolute atomic E-state index is 0.0371. The highest BCUT2D eigenvalue weighted by Crippen LogP contribution is 2.42. The van der Waals surface area contributed by atoms with E-state index >= 15 is 0 Å². The van der Waals surface area contributed by atoms with Crippen LogP contribution in [0.25, 0.3) is 0 Å². The van der Waals surface area contributed by atoms with Crippen molar-refractivity contribution in [2.24, 2.45) is 0 Å². The highest BCUT2D eigenvalue weighted by atomic mass is 32.2. The van der Waals surface area contributed by atoms with Crippen LogP contribution >= 0.6 is 11.9 Å². The molecular formula is C16H12F5N3S. The number of benzene rings is 1. The van der Waals surface area contributed by atoms with Crippen LogP contribution in [0.5, 0.6) is 0 Å². The van der Waals surface area contributed by atoms with Crippen LogP contribution in [0.3, 0.4) is 0 Å². The summed E-state index contributed by atoms with van der Waals surface area (Å²) in [6.45, 7) is 1.47. The summed E-state index contributed by atoms with van der Waals surface area (Å²) in [5.41, 5.74) is -0.206. The van der Waals surface area contributed by atoms with E-state index in [0.717, 1.165) is 22.3 Å². The molecule has 0 spiro atoms. The van der Waals surface area contributed by atoms with Crippen molar-refractivity contribution in [3.05, 3.63) is 59.4 Å². The van der Waals surface area contributed by atoms with E-state index in [-0.39, 0.29) is 12.1 Å². The molecule has 0 radical (unpaired) electrons. The highest BCUT2D eigenvalue weighted by Gasteiger charge is 2.45. The second-order valence-corrected chi connectivity index (χ2v) is 6.09. The molecule has 0 aliphatic heterocycles. The topological polar surface area (TPSA) is 39.9 Å². The minimum Gasteiger partial charge on any atom is -0.262 e. The number of pyridine rings is 1. The number of nitrogens with zero attached hydrogens (tertiary/aromatic N) is 3. The van der Waals surface area contributed by atoms with Gasteiger partial charge in [-0.15, -0.1) is 0 Å². The summed E-state index contributed by atoms with van der Waals surface area (Å²) < 4.78 is 68.2. The fourth-order valence-electron chi connectivity index (χ4n) is 2.17. The fourth-order valence-corrected chi connectivity index (χ4v) is 3.20. The normalized spacial score (nSPS) is 12.9. The maximum Gasteiger partial charge on any atom is 0.408 e. The summed E-state index contributed by atoms with van der Waals surface area (Å²) in [7, 11) is 0. The van der Waals surface area contributed by atoms with E-state index in [1.165, 1.54) is 25.4 Å². The summed E-state index contributed by atoms with van der Waals surface area (Å²) in [5.74, 6) is -2.56. The van der Waals surface area contributed by atoms with Crippen molar-refractivity contribution >= 4 is 11.9 Å². The van der Waals surface area contributed by atoms with Crippen LogP contribution in [-0.4, -0.2) is 22.0 Å². The van der Waals surface area contributed by atoms with Crippen molar-refractivity contribution in [2.75, 3.05) is 6.54 Å².